The number of carbonyl (C=O) groups excluding carboxylic acids is 2. The number of nitrogens with zero attached hydrogens (tertiary/aromatic N) is 2. The number of anilines is 1. The first-order valence-electron chi connectivity index (χ1n) is 11.3. The zero-order valence-electron chi connectivity index (χ0n) is 19.3. The predicted octanol–water partition coefficient (Wildman–Crippen LogP) is 2.83. The Balaban J connectivity index is 1.53. The molecule has 9 heteroatoms. The number of para-hydroxylation sites is 2. The Morgan fingerprint density at radius 3 is 2.59 bits per heavy atom. The van der Waals surface area contributed by atoms with E-state index in [9.17, 15) is 14.0 Å². The second-order valence-corrected chi connectivity index (χ2v) is 8.13. The van der Waals surface area contributed by atoms with Crippen molar-refractivity contribution >= 4 is 17.7 Å². The van der Waals surface area contributed by atoms with Crippen LogP contribution in [0.2, 0.25) is 0 Å². The normalized spacial score (nSPS) is 18.9. The van der Waals surface area contributed by atoms with Crippen LogP contribution in [0.1, 0.15) is 18.5 Å². The summed E-state index contributed by atoms with van der Waals surface area (Å²) in [6.07, 6.45) is 0. The highest BCUT2D eigenvalue weighted by molar-refractivity contribution is 5.95. The summed E-state index contributed by atoms with van der Waals surface area (Å²) in [4.78, 5) is 29.6. The minimum absolute atomic E-state index is 0.275. The van der Waals surface area contributed by atoms with Crippen LogP contribution in [0.15, 0.2) is 59.8 Å². The van der Waals surface area contributed by atoms with Crippen LogP contribution in [0.5, 0.6) is 5.75 Å². The number of esters is 1. The maximum Gasteiger partial charge on any atom is 0.338 e. The molecule has 0 bridgehead atoms. The van der Waals surface area contributed by atoms with E-state index in [0.717, 1.165) is 37.6 Å². The number of amides is 2. The van der Waals surface area contributed by atoms with E-state index >= 15 is 0 Å². The molecule has 0 spiro atoms. The summed E-state index contributed by atoms with van der Waals surface area (Å²) in [5.41, 5.74) is 2.27. The molecule has 1 saturated heterocycles. The van der Waals surface area contributed by atoms with Crippen molar-refractivity contribution in [2.45, 2.75) is 13.0 Å². The van der Waals surface area contributed by atoms with E-state index in [0.29, 0.717) is 24.4 Å². The predicted molar refractivity (Wildman–Crippen MR) is 126 cm³/mol. The van der Waals surface area contributed by atoms with Gasteiger partial charge in [0.05, 0.1) is 31.0 Å². The summed E-state index contributed by atoms with van der Waals surface area (Å²) in [5, 5.41) is 5.49. The topological polar surface area (TPSA) is 83.1 Å². The molecule has 2 aromatic carbocycles. The van der Waals surface area contributed by atoms with Crippen molar-refractivity contribution < 1.29 is 23.5 Å². The monoisotopic (exact) mass is 468 g/mol. The molecule has 0 radical (unpaired) electrons. The lowest BCUT2D eigenvalue weighted by atomic mass is 9.95. The van der Waals surface area contributed by atoms with Gasteiger partial charge in [0.2, 0.25) is 0 Å². The van der Waals surface area contributed by atoms with Crippen LogP contribution in [0.4, 0.5) is 14.9 Å². The number of hydrogen-bond donors (Lipinski definition) is 2. The molecule has 180 valence electrons. The Bertz CT molecular complexity index is 1080. The molecule has 0 aliphatic carbocycles. The molecule has 0 saturated carbocycles. The third-order valence-electron chi connectivity index (χ3n) is 6.00. The van der Waals surface area contributed by atoms with Gasteiger partial charge in [0, 0.05) is 38.4 Å². The number of ether oxygens (including phenoxy) is 2. The van der Waals surface area contributed by atoms with Gasteiger partial charge in [0.15, 0.2) is 0 Å². The second kappa shape index (κ2) is 10.6. The van der Waals surface area contributed by atoms with E-state index in [1.54, 1.807) is 12.1 Å². The van der Waals surface area contributed by atoms with Crippen LogP contribution in [0.3, 0.4) is 0 Å². The van der Waals surface area contributed by atoms with Crippen LogP contribution in [-0.4, -0.2) is 63.3 Å². The van der Waals surface area contributed by atoms with Crippen LogP contribution >= 0.6 is 0 Å². The molecule has 2 aromatic rings. The van der Waals surface area contributed by atoms with Gasteiger partial charge in [-0.25, -0.2) is 14.0 Å². The van der Waals surface area contributed by atoms with Gasteiger partial charge in [0.1, 0.15) is 11.6 Å². The highest BCUT2D eigenvalue weighted by Crippen LogP contribution is 2.30. The largest absolute Gasteiger partial charge is 0.492 e. The van der Waals surface area contributed by atoms with Crippen molar-refractivity contribution in [2.24, 2.45) is 0 Å². The Labute approximate surface area is 198 Å². The van der Waals surface area contributed by atoms with Crippen LogP contribution in [-0.2, 0) is 9.53 Å². The maximum absolute atomic E-state index is 13.9. The lowest BCUT2D eigenvalue weighted by Crippen LogP contribution is -2.51. The second-order valence-electron chi connectivity index (χ2n) is 8.13. The van der Waals surface area contributed by atoms with E-state index in [-0.39, 0.29) is 5.57 Å². The molecule has 0 aromatic heterocycles. The number of benzene rings is 2. The van der Waals surface area contributed by atoms with Gasteiger partial charge >= 0.3 is 12.0 Å². The van der Waals surface area contributed by atoms with Crippen molar-refractivity contribution in [3.8, 4) is 5.75 Å². The first kappa shape index (κ1) is 23.6. The highest BCUT2D eigenvalue weighted by Gasteiger charge is 2.34. The van der Waals surface area contributed by atoms with Gasteiger partial charge in [-0.15, -0.1) is 0 Å². The molecule has 2 N–H and O–H groups in total. The lowest BCUT2D eigenvalue weighted by molar-refractivity contribution is -0.136. The van der Waals surface area contributed by atoms with Gasteiger partial charge in [-0.2, -0.15) is 0 Å². The van der Waals surface area contributed by atoms with Gasteiger partial charge in [0.25, 0.3) is 0 Å². The van der Waals surface area contributed by atoms with E-state index in [4.69, 9.17) is 9.47 Å². The minimum atomic E-state index is -0.800. The van der Waals surface area contributed by atoms with Gasteiger partial charge in [-0.05, 0) is 36.8 Å². The summed E-state index contributed by atoms with van der Waals surface area (Å²) < 4.78 is 24.7. The van der Waals surface area contributed by atoms with Crippen LogP contribution in [0.25, 0.3) is 0 Å². The summed E-state index contributed by atoms with van der Waals surface area (Å²) in [7, 11) is 1.29. The smallest absolute Gasteiger partial charge is 0.338 e. The minimum Gasteiger partial charge on any atom is -0.492 e. The van der Waals surface area contributed by atoms with Crippen molar-refractivity contribution in [1.29, 1.82) is 0 Å². The molecule has 1 atom stereocenters. The van der Waals surface area contributed by atoms with E-state index < -0.39 is 23.9 Å². The fourth-order valence-corrected chi connectivity index (χ4v) is 4.40. The summed E-state index contributed by atoms with van der Waals surface area (Å²) >= 11 is 0. The number of piperazine rings is 1. The molecular formula is C25H29FN4O4. The molecule has 0 unspecified atom stereocenters. The molecule has 34 heavy (non-hydrogen) atoms. The SMILES string of the molecule is CCOc1ccccc1N1CCN(CC2=C(C(=O)OC)[C@@H](c3cccc(F)c3)NC(=O)N2)CC1. The van der Waals surface area contributed by atoms with Crippen molar-refractivity contribution in [2.75, 3.05) is 51.3 Å². The summed E-state index contributed by atoms with van der Waals surface area (Å²) in [6, 6.07) is 12.6. The molecule has 2 aliphatic heterocycles. The van der Waals surface area contributed by atoms with Crippen LogP contribution in [0, 0.1) is 5.82 Å². The van der Waals surface area contributed by atoms with Crippen molar-refractivity contribution in [3.05, 3.63) is 71.2 Å². The number of urea groups is 1. The fourth-order valence-electron chi connectivity index (χ4n) is 4.40. The van der Waals surface area contributed by atoms with Gasteiger partial charge in [-0.3, -0.25) is 4.90 Å². The number of carbonyl (C=O) groups is 2. The first-order chi connectivity index (χ1) is 16.5. The van der Waals surface area contributed by atoms with Crippen LogP contribution < -0.4 is 20.3 Å². The average molecular weight is 469 g/mol. The fraction of sp³-hybridized carbons (Fsp3) is 0.360. The van der Waals surface area contributed by atoms with Gasteiger partial charge < -0.3 is 25.0 Å². The number of nitrogens with one attached hydrogen (secondary N) is 2. The molecule has 2 heterocycles. The maximum atomic E-state index is 13.9. The number of methoxy groups -OCH3 is 1. The van der Waals surface area contributed by atoms with E-state index in [2.05, 4.69) is 26.5 Å². The average Bonchev–Trinajstić information content (AvgIpc) is 2.84. The quantitative estimate of drug-likeness (QED) is 0.608. The summed E-state index contributed by atoms with van der Waals surface area (Å²) in [6.45, 7) is 5.92. The van der Waals surface area contributed by atoms with Crippen molar-refractivity contribution in [1.82, 2.24) is 15.5 Å². The van der Waals surface area contributed by atoms with E-state index in [1.165, 1.54) is 19.2 Å². The zero-order valence-corrected chi connectivity index (χ0v) is 19.3. The Hall–Kier alpha value is -3.59. The third-order valence-corrected chi connectivity index (χ3v) is 6.00. The molecule has 8 nitrogen and oxygen atoms in total. The zero-order chi connectivity index (χ0) is 24.1. The van der Waals surface area contributed by atoms with E-state index in [1.807, 2.05) is 25.1 Å². The molecule has 2 amide bonds. The Morgan fingerprint density at radius 2 is 1.88 bits per heavy atom. The standard InChI is InChI=1S/C25H29FN4O4/c1-3-34-21-10-5-4-9-20(21)30-13-11-29(12-14-30)16-19-22(24(31)33-2)23(28-25(32)27-19)17-7-6-8-18(26)15-17/h4-10,15,23H,3,11-14,16H2,1-2H3,(H2,27,28,32)/t23-/m1/s1. The summed E-state index contributed by atoms with van der Waals surface area (Å²) in [5.74, 6) is -0.154. The molecule has 4 rings (SSSR count). The Kier molecular flexibility index (Phi) is 7.32. The Morgan fingerprint density at radius 1 is 1.12 bits per heavy atom. The highest BCUT2D eigenvalue weighted by atomic mass is 19.1. The number of halogens is 1. The lowest BCUT2D eigenvalue weighted by Gasteiger charge is -2.38. The third kappa shape index (κ3) is 5.14. The number of hydrogen-bond acceptors (Lipinski definition) is 6. The molecule has 1 fully saturated rings. The van der Waals surface area contributed by atoms with Gasteiger partial charge in [-0.1, -0.05) is 24.3 Å². The number of rotatable bonds is 7. The first-order valence-corrected chi connectivity index (χ1v) is 11.3. The molecular weight excluding hydrogens is 439 g/mol. The van der Waals surface area contributed by atoms with Crippen molar-refractivity contribution in [3.63, 3.8) is 0 Å². The molecule has 2 aliphatic rings.